The number of amides is 1. The highest BCUT2D eigenvalue weighted by Gasteiger charge is 2.45. The molecule has 1 amide bonds. The van der Waals surface area contributed by atoms with Crippen LogP contribution in [0.15, 0.2) is 0 Å². The molecule has 1 saturated heterocycles. The van der Waals surface area contributed by atoms with E-state index >= 15 is 0 Å². The molecule has 0 saturated carbocycles. The summed E-state index contributed by atoms with van der Waals surface area (Å²) in [7, 11) is 0. The number of piperidine rings is 1. The maximum Gasteiger partial charge on any atom is 0.397 e. The number of hydrogen-bond acceptors (Lipinski definition) is 5. The van der Waals surface area contributed by atoms with Gasteiger partial charge in [-0.1, -0.05) is 5.04 Å². The van der Waals surface area contributed by atoms with E-state index in [0.29, 0.717) is 13.1 Å². The van der Waals surface area contributed by atoms with Crippen LogP contribution in [-0.4, -0.2) is 34.4 Å². The fourth-order valence-electron chi connectivity index (χ4n) is 1.37. The predicted molar refractivity (Wildman–Crippen MR) is 47.8 cm³/mol. The third-order valence-electron chi connectivity index (χ3n) is 2.06. The van der Waals surface area contributed by atoms with E-state index < -0.39 is 23.2 Å². The van der Waals surface area contributed by atoms with Gasteiger partial charge >= 0.3 is 11.2 Å². The SMILES string of the molecule is O=C(N1CCCCC1)C(F)(F)SOOO. The van der Waals surface area contributed by atoms with Crippen LogP contribution in [0.5, 0.6) is 0 Å². The lowest BCUT2D eigenvalue weighted by atomic mass is 10.1. The van der Waals surface area contributed by atoms with Crippen LogP contribution in [0.25, 0.3) is 0 Å². The molecule has 0 bridgehead atoms. The lowest BCUT2D eigenvalue weighted by Crippen LogP contribution is -2.44. The molecule has 0 aromatic carbocycles. The van der Waals surface area contributed by atoms with Gasteiger partial charge in [0.05, 0.1) is 0 Å². The molecule has 1 heterocycles. The Bertz CT molecular complexity index is 223. The molecule has 0 unspecified atom stereocenters. The minimum absolute atomic E-state index is 0.328. The zero-order valence-corrected chi connectivity index (χ0v) is 8.64. The summed E-state index contributed by atoms with van der Waals surface area (Å²) in [4.78, 5) is 12.3. The zero-order chi connectivity index (χ0) is 11.3. The zero-order valence-electron chi connectivity index (χ0n) is 7.82. The normalized spacial score (nSPS) is 17.9. The molecular weight excluding hydrogens is 232 g/mol. The molecule has 88 valence electrons. The molecule has 1 rings (SSSR count). The van der Waals surface area contributed by atoms with Crippen molar-refractivity contribution in [3.05, 3.63) is 0 Å². The summed E-state index contributed by atoms with van der Waals surface area (Å²) in [6.45, 7) is 0.657. The monoisotopic (exact) mass is 243 g/mol. The highest BCUT2D eigenvalue weighted by molar-refractivity contribution is 7.96. The molecule has 8 heteroatoms. The van der Waals surface area contributed by atoms with Crippen LogP contribution >= 0.6 is 12.0 Å². The molecule has 5 nitrogen and oxygen atoms in total. The van der Waals surface area contributed by atoms with E-state index in [0.717, 1.165) is 24.2 Å². The molecule has 1 N–H and O–H groups in total. The summed E-state index contributed by atoms with van der Waals surface area (Å²) in [5, 5.41) is 7.01. The fourth-order valence-corrected chi connectivity index (χ4v) is 1.69. The topological polar surface area (TPSA) is 59.0 Å². The lowest BCUT2D eigenvalue weighted by molar-refractivity contribution is -0.433. The molecule has 0 aromatic rings. The number of carbonyl (C=O) groups excluding carboxylic acids is 1. The Morgan fingerprint density at radius 1 is 1.33 bits per heavy atom. The average Bonchev–Trinajstić information content (AvgIpc) is 2.26. The minimum atomic E-state index is -3.74. The van der Waals surface area contributed by atoms with E-state index in [1.165, 1.54) is 0 Å². The van der Waals surface area contributed by atoms with Crippen molar-refractivity contribution >= 4 is 17.9 Å². The summed E-state index contributed by atoms with van der Waals surface area (Å²) >= 11 is -0.516. The average molecular weight is 243 g/mol. The summed E-state index contributed by atoms with van der Waals surface area (Å²) in [6, 6.07) is 0. The van der Waals surface area contributed by atoms with Crippen LogP contribution < -0.4 is 0 Å². The van der Waals surface area contributed by atoms with E-state index in [1.54, 1.807) is 0 Å². The quantitative estimate of drug-likeness (QED) is 0.462. The van der Waals surface area contributed by atoms with Gasteiger partial charge in [-0.25, -0.2) is 5.26 Å². The first kappa shape index (κ1) is 12.6. The maximum absolute atomic E-state index is 13.0. The summed E-state index contributed by atoms with van der Waals surface area (Å²) in [5.74, 6) is -1.32. The Morgan fingerprint density at radius 2 is 1.93 bits per heavy atom. The summed E-state index contributed by atoms with van der Waals surface area (Å²) in [5.41, 5.74) is 0. The van der Waals surface area contributed by atoms with Crippen LogP contribution in [0.4, 0.5) is 8.78 Å². The Morgan fingerprint density at radius 3 is 2.47 bits per heavy atom. The second-order valence-electron chi connectivity index (χ2n) is 3.10. The van der Waals surface area contributed by atoms with Gasteiger partial charge in [-0.3, -0.25) is 4.79 Å². The molecule has 0 spiro atoms. The molecular formula is C7H11F2NO4S. The van der Waals surface area contributed by atoms with Gasteiger partial charge in [0, 0.05) is 13.1 Å². The minimum Gasteiger partial charge on any atom is -0.337 e. The van der Waals surface area contributed by atoms with Crippen molar-refractivity contribution in [2.75, 3.05) is 13.1 Å². The van der Waals surface area contributed by atoms with Crippen LogP contribution in [0.1, 0.15) is 19.3 Å². The highest BCUT2D eigenvalue weighted by atomic mass is 32.2. The van der Waals surface area contributed by atoms with E-state index in [1.807, 2.05) is 0 Å². The summed E-state index contributed by atoms with van der Waals surface area (Å²) < 4.78 is 29.7. The first-order chi connectivity index (χ1) is 7.08. The van der Waals surface area contributed by atoms with Crippen LogP contribution in [0.2, 0.25) is 0 Å². The van der Waals surface area contributed by atoms with Gasteiger partial charge in [0.2, 0.25) is 0 Å². The Balaban J connectivity index is 2.48. The molecule has 15 heavy (non-hydrogen) atoms. The van der Waals surface area contributed by atoms with Crippen LogP contribution in [0.3, 0.4) is 0 Å². The van der Waals surface area contributed by atoms with Crippen molar-refractivity contribution in [3.8, 4) is 0 Å². The van der Waals surface area contributed by atoms with Gasteiger partial charge in [-0.2, -0.15) is 8.78 Å². The van der Waals surface area contributed by atoms with E-state index in [4.69, 9.17) is 5.26 Å². The second-order valence-corrected chi connectivity index (χ2v) is 3.91. The number of carbonyl (C=O) groups is 1. The van der Waals surface area contributed by atoms with Crippen molar-refractivity contribution < 1.29 is 28.2 Å². The van der Waals surface area contributed by atoms with Crippen LogP contribution in [-0.2, 0) is 14.2 Å². The standard InChI is InChI=1S/C7H11F2NO4S/c8-7(9,15-14-13-12)6(11)10-4-2-1-3-5-10/h12H,1-5H2. The smallest absolute Gasteiger partial charge is 0.337 e. The number of halogens is 2. The Labute approximate surface area is 89.4 Å². The number of nitrogens with zero attached hydrogens (tertiary/aromatic N) is 1. The molecule has 1 fully saturated rings. The van der Waals surface area contributed by atoms with Crippen molar-refractivity contribution in [1.29, 1.82) is 0 Å². The first-order valence-electron chi connectivity index (χ1n) is 4.41. The number of rotatable bonds is 4. The number of hydrogen-bond donors (Lipinski definition) is 1. The van der Waals surface area contributed by atoms with Gasteiger partial charge < -0.3 is 4.90 Å². The van der Waals surface area contributed by atoms with Crippen molar-refractivity contribution in [2.45, 2.75) is 24.5 Å². The van der Waals surface area contributed by atoms with Gasteiger partial charge in [0.25, 0.3) is 0 Å². The van der Waals surface area contributed by atoms with Gasteiger partial charge in [-0.15, -0.1) is 4.33 Å². The number of alkyl halides is 2. The van der Waals surface area contributed by atoms with Crippen molar-refractivity contribution in [2.24, 2.45) is 0 Å². The number of likely N-dealkylation sites (tertiary alicyclic amines) is 1. The third kappa shape index (κ3) is 3.56. The molecule has 1 aliphatic rings. The van der Waals surface area contributed by atoms with Crippen molar-refractivity contribution in [3.63, 3.8) is 0 Å². The lowest BCUT2D eigenvalue weighted by Gasteiger charge is -2.28. The molecule has 0 radical (unpaired) electrons. The molecule has 0 aliphatic carbocycles. The Hall–Kier alpha value is -0.440. The maximum atomic E-state index is 13.0. The van der Waals surface area contributed by atoms with E-state index in [2.05, 4.69) is 9.37 Å². The first-order valence-corrected chi connectivity index (χ1v) is 5.15. The molecule has 0 atom stereocenters. The third-order valence-corrected chi connectivity index (χ3v) is 2.57. The van der Waals surface area contributed by atoms with E-state index in [-0.39, 0.29) is 0 Å². The fraction of sp³-hybridized carbons (Fsp3) is 0.857. The largest absolute Gasteiger partial charge is 0.397 e. The summed E-state index contributed by atoms with van der Waals surface area (Å²) in [6.07, 6.45) is 2.40. The predicted octanol–water partition coefficient (Wildman–Crippen LogP) is 1.66. The second kappa shape index (κ2) is 5.59. The van der Waals surface area contributed by atoms with Crippen LogP contribution in [0, 0.1) is 0 Å². The van der Waals surface area contributed by atoms with Crippen molar-refractivity contribution in [1.82, 2.24) is 4.90 Å². The molecule has 1 aliphatic heterocycles. The van der Waals surface area contributed by atoms with Gasteiger partial charge in [0.1, 0.15) is 12.0 Å². The van der Waals surface area contributed by atoms with E-state index in [9.17, 15) is 13.6 Å². The molecule has 0 aromatic heterocycles. The highest BCUT2D eigenvalue weighted by Crippen LogP contribution is 2.32. The Kier molecular flexibility index (Phi) is 4.71. The van der Waals surface area contributed by atoms with Gasteiger partial charge in [0.15, 0.2) is 0 Å². The van der Waals surface area contributed by atoms with Gasteiger partial charge in [-0.05, 0) is 19.3 Å².